The van der Waals surface area contributed by atoms with Gasteiger partial charge in [-0.3, -0.25) is 9.59 Å². The minimum Gasteiger partial charge on any atom is -0.481 e. The molecule has 5 nitrogen and oxygen atoms in total. The predicted molar refractivity (Wildman–Crippen MR) is 65.7 cm³/mol. The Hall–Kier alpha value is -1.78. The Bertz CT molecular complexity index is 414. The molecule has 98 valence electrons. The number of carbonyl (C=O) groups excluding carboxylic acids is 1. The third-order valence-electron chi connectivity index (χ3n) is 3.55. The van der Waals surface area contributed by atoms with Crippen molar-refractivity contribution in [2.24, 2.45) is 11.8 Å². The molecule has 1 fully saturated rings. The van der Waals surface area contributed by atoms with Gasteiger partial charge in [-0.15, -0.1) is 0 Å². The van der Waals surface area contributed by atoms with Crippen molar-refractivity contribution in [2.75, 3.05) is 0 Å². The number of hydrogen-bond donors (Lipinski definition) is 3. The second-order valence-corrected chi connectivity index (χ2v) is 4.77. The van der Waals surface area contributed by atoms with E-state index >= 15 is 0 Å². The molecule has 2 atom stereocenters. The molecule has 18 heavy (non-hydrogen) atoms. The largest absolute Gasteiger partial charge is 0.481 e. The van der Waals surface area contributed by atoms with Crippen molar-refractivity contribution in [2.45, 2.75) is 32.2 Å². The molecule has 0 bridgehead atoms. The van der Waals surface area contributed by atoms with Crippen LogP contribution in [-0.4, -0.2) is 22.0 Å². The molecule has 0 aromatic carbocycles. The van der Waals surface area contributed by atoms with Crippen molar-refractivity contribution >= 4 is 11.9 Å². The van der Waals surface area contributed by atoms with Gasteiger partial charge in [0.2, 0.25) is 5.91 Å². The van der Waals surface area contributed by atoms with Gasteiger partial charge in [-0.25, -0.2) is 0 Å². The van der Waals surface area contributed by atoms with E-state index in [0.717, 1.165) is 18.4 Å². The summed E-state index contributed by atoms with van der Waals surface area (Å²) < 4.78 is 0. The molecule has 1 amide bonds. The second kappa shape index (κ2) is 5.71. The summed E-state index contributed by atoms with van der Waals surface area (Å²) in [6.07, 6.45) is 6.73. The number of amides is 1. The summed E-state index contributed by atoms with van der Waals surface area (Å²) in [7, 11) is 0. The number of hydrogen-bond acceptors (Lipinski definition) is 2. The van der Waals surface area contributed by atoms with Crippen molar-refractivity contribution in [1.29, 1.82) is 0 Å². The van der Waals surface area contributed by atoms with Gasteiger partial charge in [0, 0.05) is 18.9 Å². The molecule has 0 spiro atoms. The van der Waals surface area contributed by atoms with Crippen molar-refractivity contribution in [3.63, 3.8) is 0 Å². The first kappa shape index (κ1) is 12.7. The molecule has 2 rings (SSSR count). The average Bonchev–Trinajstić information content (AvgIpc) is 2.89. The van der Waals surface area contributed by atoms with Crippen LogP contribution in [0.5, 0.6) is 0 Å². The summed E-state index contributed by atoms with van der Waals surface area (Å²) in [4.78, 5) is 26.1. The normalized spacial score (nSPS) is 23.6. The van der Waals surface area contributed by atoms with E-state index in [1.807, 2.05) is 12.3 Å². The maximum atomic E-state index is 12.0. The van der Waals surface area contributed by atoms with Gasteiger partial charge in [-0.1, -0.05) is 12.8 Å². The Morgan fingerprint density at radius 3 is 2.67 bits per heavy atom. The average molecular weight is 250 g/mol. The summed E-state index contributed by atoms with van der Waals surface area (Å²) in [6.45, 7) is 0.450. The van der Waals surface area contributed by atoms with Gasteiger partial charge in [0.05, 0.1) is 11.8 Å². The van der Waals surface area contributed by atoms with Crippen LogP contribution in [0.25, 0.3) is 0 Å². The van der Waals surface area contributed by atoms with E-state index in [-0.39, 0.29) is 11.8 Å². The van der Waals surface area contributed by atoms with Gasteiger partial charge in [0.25, 0.3) is 0 Å². The maximum Gasteiger partial charge on any atom is 0.307 e. The smallest absolute Gasteiger partial charge is 0.307 e. The zero-order chi connectivity index (χ0) is 13.0. The molecule has 0 saturated heterocycles. The van der Waals surface area contributed by atoms with Crippen molar-refractivity contribution < 1.29 is 14.7 Å². The van der Waals surface area contributed by atoms with Crippen LogP contribution in [0.4, 0.5) is 0 Å². The van der Waals surface area contributed by atoms with E-state index in [2.05, 4.69) is 10.3 Å². The number of carbonyl (C=O) groups is 2. The first-order valence-electron chi connectivity index (χ1n) is 6.30. The number of rotatable bonds is 4. The van der Waals surface area contributed by atoms with Gasteiger partial charge >= 0.3 is 5.97 Å². The van der Waals surface area contributed by atoms with Crippen LogP contribution in [0.3, 0.4) is 0 Å². The molecule has 1 aromatic rings. The fourth-order valence-electron chi connectivity index (χ4n) is 2.53. The quantitative estimate of drug-likeness (QED) is 0.757. The Kier molecular flexibility index (Phi) is 4.02. The molecule has 3 N–H and O–H groups in total. The van der Waals surface area contributed by atoms with Crippen LogP contribution in [0, 0.1) is 11.8 Å². The standard InChI is InChI=1S/C13H18N2O3/c16-12(15-8-9-5-6-14-7-9)10-3-1-2-4-11(10)13(17)18/h5-7,10-11,14H,1-4,8H2,(H,15,16)(H,17,18)/t10-,11+/m1/s1. The van der Waals surface area contributed by atoms with Crippen molar-refractivity contribution in [3.05, 3.63) is 24.0 Å². The highest BCUT2D eigenvalue weighted by Crippen LogP contribution is 2.30. The number of aromatic nitrogens is 1. The van der Waals surface area contributed by atoms with Crippen LogP contribution >= 0.6 is 0 Å². The second-order valence-electron chi connectivity index (χ2n) is 4.77. The van der Waals surface area contributed by atoms with E-state index in [4.69, 9.17) is 5.11 Å². The number of nitrogens with one attached hydrogen (secondary N) is 2. The Labute approximate surface area is 106 Å². The molecule has 1 aliphatic carbocycles. The third kappa shape index (κ3) is 2.91. The van der Waals surface area contributed by atoms with E-state index in [1.54, 1.807) is 6.20 Å². The molecule has 5 heteroatoms. The zero-order valence-corrected chi connectivity index (χ0v) is 10.2. The molecule has 0 unspecified atom stereocenters. The molecular formula is C13H18N2O3. The summed E-state index contributed by atoms with van der Waals surface area (Å²) in [5, 5.41) is 11.9. The first-order chi connectivity index (χ1) is 8.68. The van der Waals surface area contributed by atoms with E-state index in [9.17, 15) is 9.59 Å². The monoisotopic (exact) mass is 250 g/mol. The van der Waals surface area contributed by atoms with Crippen LogP contribution in [0.1, 0.15) is 31.2 Å². The van der Waals surface area contributed by atoms with E-state index in [0.29, 0.717) is 19.4 Å². The molecular weight excluding hydrogens is 232 g/mol. The predicted octanol–water partition coefficient (Wildman–Crippen LogP) is 1.52. The number of carboxylic acid groups (broad SMARTS) is 1. The highest BCUT2D eigenvalue weighted by molar-refractivity contribution is 5.84. The summed E-state index contributed by atoms with van der Waals surface area (Å²) >= 11 is 0. The van der Waals surface area contributed by atoms with Crippen LogP contribution < -0.4 is 5.32 Å². The maximum absolute atomic E-state index is 12.0. The van der Waals surface area contributed by atoms with Crippen molar-refractivity contribution in [1.82, 2.24) is 10.3 Å². The molecule has 1 saturated carbocycles. The zero-order valence-electron chi connectivity index (χ0n) is 10.2. The Morgan fingerprint density at radius 2 is 2.06 bits per heavy atom. The van der Waals surface area contributed by atoms with Gasteiger partial charge in [0.15, 0.2) is 0 Å². The Morgan fingerprint density at radius 1 is 1.33 bits per heavy atom. The lowest BCUT2D eigenvalue weighted by Crippen LogP contribution is -2.39. The molecule has 0 radical (unpaired) electrons. The Balaban J connectivity index is 1.92. The number of carboxylic acids is 1. The van der Waals surface area contributed by atoms with Gasteiger partial charge < -0.3 is 15.4 Å². The summed E-state index contributed by atoms with van der Waals surface area (Å²) in [5.74, 6) is -1.89. The molecule has 1 aliphatic rings. The molecule has 1 heterocycles. The van der Waals surface area contributed by atoms with Gasteiger partial charge in [-0.05, 0) is 24.5 Å². The highest BCUT2D eigenvalue weighted by atomic mass is 16.4. The van der Waals surface area contributed by atoms with Crippen LogP contribution in [0.2, 0.25) is 0 Å². The fraction of sp³-hybridized carbons (Fsp3) is 0.538. The lowest BCUT2D eigenvalue weighted by atomic mass is 9.78. The fourth-order valence-corrected chi connectivity index (χ4v) is 2.53. The van der Waals surface area contributed by atoms with Gasteiger partial charge in [-0.2, -0.15) is 0 Å². The van der Waals surface area contributed by atoms with Gasteiger partial charge in [0.1, 0.15) is 0 Å². The summed E-state index contributed by atoms with van der Waals surface area (Å²) in [5.41, 5.74) is 0.992. The number of H-pyrrole nitrogens is 1. The third-order valence-corrected chi connectivity index (χ3v) is 3.55. The minimum atomic E-state index is -0.850. The SMILES string of the molecule is O=C(O)[C@H]1CCCC[C@H]1C(=O)NCc1cc[nH]c1. The number of aliphatic carboxylic acids is 1. The van der Waals surface area contributed by atoms with Crippen LogP contribution in [0.15, 0.2) is 18.5 Å². The summed E-state index contributed by atoms with van der Waals surface area (Å²) in [6, 6.07) is 1.88. The lowest BCUT2D eigenvalue weighted by molar-refractivity contribution is -0.148. The van der Waals surface area contributed by atoms with Crippen LogP contribution in [-0.2, 0) is 16.1 Å². The molecule has 1 aromatic heterocycles. The number of aromatic amines is 1. The van der Waals surface area contributed by atoms with E-state index in [1.165, 1.54) is 0 Å². The first-order valence-corrected chi connectivity index (χ1v) is 6.30. The van der Waals surface area contributed by atoms with E-state index < -0.39 is 11.9 Å². The van der Waals surface area contributed by atoms with Crippen molar-refractivity contribution in [3.8, 4) is 0 Å². The minimum absolute atomic E-state index is 0.136. The molecule has 0 aliphatic heterocycles. The topological polar surface area (TPSA) is 82.2 Å². The lowest BCUT2D eigenvalue weighted by Gasteiger charge is -2.27. The highest BCUT2D eigenvalue weighted by Gasteiger charge is 2.35.